The van der Waals surface area contributed by atoms with Crippen molar-refractivity contribution in [2.75, 3.05) is 11.4 Å². The number of aromatic nitrogens is 2. The number of anilines is 1. The summed E-state index contributed by atoms with van der Waals surface area (Å²) in [4.78, 5) is 14.7. The molecule has 3 aromatic rings. The number of benzene rings is 2. The standard InChI is InChI=1S/C22H21ClN4O3S/c1-15-4-8-18(9-5-15)27(13-3-12-24)21(28)16(2)31-22-26-25-20(30-22)14-29-19-10-6-17(23)7-11-19/h4-11,16H,3,13-14H2,1-2H3. The molecular weight excluding hydrogens is 436 g/mol. The van der Waals surface area contributed by atoms with Gasteiger partial charge in [0.1, 0.15) is 5.75 Å². The van der Waals surface area contributed by atoms with Gasteiger partial charge >= 0.3 is 0 Å². The second kappa shape index (κ2) is 10.8. The molecule has 31 heavy (non-hydrogen) atoms. The first-order chi connectivity index (χ1) is 15.0. The number of halogens is 1. The molecule has 0 saturated carbocycles. The first kappa shape index (κ1) is 22.7. The van der Waals surface area contributed by atoms with Gasteiger partial charge in [-0.2, -0.15) is 5.26 Å². The van der Waals surface area contributed by atoms with Crippen molar-refractivity contribution in [3.8, 4) is 11.8 Å². The maximum Gasteiger partial charge on any atom is 0.277 e. The molecule has 0 fully saturated rings. The third kappa shape index (κ3) is 6.48. The van der Waals surface area contributed by atoms with Gasteiger partial charge in [-0.15, -0.1) is 10.2 Å². The van der Waals surface area contributed by atoms with Gasteiger partial charge in [-0.25, -0.2) is 0 Å². The van der Waals surface area contributed by atoms with E-state index in [2.05, 4.69) is 16.3 Å². The van der Waals surface area contributed by atoms with Gasteiger partial charge in [-0.05, 0) is 50.2 Å². The summed E-state index contributed by atoms with van der Waals surface area (Å²) in [5, 5.41) is 17.3. The van der Waals surface area contributed by atoms with Crippen LogP contribution < -0.4 is 9.64 Å². The van der Waals surface area contributed by atoms with E-state index in [1.54, 1.807) is 36.1 Å². The smallest absolute Gasteiger partial charge is 0.277 e. The molecule has 1 aromatic heterocycles. The molecular formula is C22H21ClN4O3S. The first-order valence-corrected chi connectivity index (χ1v) is 10.8. The van der Waals surface area contributed by atoms with Gasteiger partial charge in [-0.1, -0.05) is 41.1 Å². The fraction of sp³-hybridized carbons (Fsp3) is 0.273. The Balaban J connectivity index is 1.61. The number of carbonyl (C=O) groups is 1. The van der Waals surface area contributed by atoms with Crippen LogP contribution in [-0.2, 0) is 11.4 Å². The van der Waals surface area contributed by atoms with Crippen LogP contribution in [-0.4, -0.2) is 27.9 Å². The molecule has 0 N–H and O–H groups in total. The summed E-state index contributed by atoms with van der Waals surface area (Å²) in [6.07, 6.45) is 0.240. The lowest BCUT2D eigenvalue weighted by atomic mass is 10.2. The number of thioether (sulfide) groups is 1. The normalized spacial score (nSPS) is 11.5. The predicted octanol–water partition coefficient (Wildman–Crippen LogP) is 5.04. The lowest BCUT2D eigenvalue weighted by Crippen LogP contribution is -2.37. The lowest BCUT2D eigenvalue weighted by molar-refractivity contribution is -0.117. The maximum atomic E-state index is 13.1. The van der Waals surface area contributed by atoms with Crippen LogP contribution in [0.15, 0.2) is 58.2 Å². The van der Waals surface area contributed by atoms with E-state index in [9.17, 15) is 4.79 Å². The average Bonchev–Trinajstić information content (AvgIpc) is 3.22. The van der Waals surface area contributed by atoms with E-state index in [0.717, 1.165) is 11.3 Å². The van der Waals surface area contributed by atoms with E-state index < -0.39 is 5.25 Å². The van der Waals surface area contributed by atoms with Crippen LogP contribution >= 0.6 is 23.4 Å². The highest BCUT2D eigenvalue weighted by atomic mass is 35.5. The van der Waals surface area contributed by atoms with E-state index in [1.165, 1.54) is 11.8 Å². The van der Waals surface area contributed by atoms with Gasteiger partial charge in [0.25, 0.3) is 11.1 Å². The van der Waals surface area contributed by atoms with Crippen molar-refractivity contribution in [2.24, 2.45) is 0 Å². The molecule has 1 unspecified atom stereocenters. The Kier molecular flexibility index (Phi) is 7.93. The third-order valence-corrected chi connectivity index (χ3v) is 5.48. The molecule has 9 heteroatoms. The highest BCUT2D eigenvalue weighted by molar-refractivity contribution is 8.00. The Labute approximate surface area is 190 Å². The highest BCUT2D eigenvalue weighted by Gasteiger charge is 2.25. The van der Waals surface area contributed by atoms with Crippen LogP contribution in [0.2, 0.25) is 5.02 Å². The van der Waals surface area contributed by atoms with Crippen LogP contribution in [0.5, 0.6) is 5.75 Å². The fourth-order valence-electron chi connectivity index (χ4n) is 2.69. The van der Waals surface area contributed by atoms with Gasteiger partial charge < -0.3 is 14.1 Å². The van der Waals surface area contributed by atoms with Crippen molar-refractivity contribution in [3.63, 3.8) is 0 Å². The summed E-state index contributed by atoms with van der Waals surface area (Å²) in [5.41, 5.74) is 1.85. The van der Waals surface area contributed by atoms with E-state index in [-0.39, 0.29) is 24.2 Å². The minimum atomic E-state index is -0.481. The van der Waals surface area contributed by atoms with Gasteiger partial charge in [0.15, 0.2) is 6.61 Å². The molecule has 0 aliphatic heterocycles. The van der Waals surface area contributed by atoms with Crippen molar-refractivity contribution in [2.45, 2.75) is 37.3 Å². The van der Waals surface area contributed by atoms with Crippen molar-refractivity contribution in [3.05, 3.63) is 65.0 Å². The number of ether oxygens (including phenoxy) is 1. The number of hydrogen-bond donors (Lipinski definition) is 0. The summed E-state index contributed by atoms with van der Waals surface area (Å²) < 4.78 is 11.2. The van der Waals surface area contributed by atoms with Gasteiger partial charge in [0, 0.05) is 17.3 Å². The zero-order chi connectivity index (χ0) is 22.2. The van der Waals surface area contributed by atoms with Crippen LogP contribution in [0.25, 0.3) is 0 Å². The van der Waals surface area contributed by atoms with Gasteiger partial charge in [-0.3, -0.25) is 4.79 Å². The molecule has 7 nitrogen and oxygen atoms in total. The topological polar surface area (TPSA) is 92.2 Å². The number of carbonyl (C=O) groups excluding carboxylic acids is 1. The van der Waals surface area contributed by atoms with Gasteiger partial charge in [0.05, 0.1) is 17.7 Å². The van der Waals surface area contributed by atoms with Crippen LogP contribution in [0.4, 0.5) is 5.69 Å². The van der Waals surface area contributed by atoms with Crippen molar-refractivity contribution in [1.29, 1.82) is 5.26 Å². The summed E-state index contributed by atoms with van der Waals surface area (Å²) >= 11 is 7.02. The first-order valence-electron chi connectivity index (χ1n) is 9.58. The fourth-order valence-corrected chi connectivity index (χ4v) is 3.58. The van der Waals surface area contributed by atoms with E-state index in [0.29, 0.717) is 23.2 Å². The van der Waals surface area contributed by atoms with E-state index in [1.807, 2.05) is 31.2 Å². The monoisotopic (exact) mass is 456 g/mol. The minimum Gasteiger partial charge on any atom is -0.484 e. The van der Waals surface area contributed by atoms with E-state index in [4.69, 9.17) is 26.0 Å². The summed E-state index contributed by atoms with van der Waals surface area (Å²) in [7, 11) is 0. The summed E-state index contributed by atoms with van der Waals surface area (Å²) in [5.74, 6) is 0.796. The van der Waals surface area contributed by atoms with Crippen molar-refractivity contribution in [1.82, 2.24) is 10.2 Å². The number of hydrogen-bond acceptors (Lipinski definition) is 7. The molecule has 0 aliphatic carbocycles. The molecule has 0 radical (unpaired) electrons. The molecule has 1 amide bonds. The Morgan fingerprint density at radius 3 is 2.61 bits per heavy atom. The number of aryl methyl sites for hydroxylation is 1. The minimum absolute atomic E-state index is 0.106. The van der Waals surface area contributed by atoms with Gasteiger partial charge in [0.2, 0.25) is 5.91 Å². The molecule has 3 rings (SSSR count). The van der Waals surface area contributed by atoms with Crippen LogP contribution in [0, 0.1) is 18.3 Å². The second-order valence-electron chi connectivity index (χ2n) is 6.70. The molecule has 1 atom stereocenters. The summed E-state index contributed by atoms with van der Waals surface area (Å²) in [6, 6.07) is 16.7. The lowest BCUT2D eigenvalue weighted by Gasteiger charge is -2.24. The second-order valence-corrected chi connectivity index (χ2v) is 8.43. The Morgan fingerprint density at radius 1 is 1.23 bits per heavy atom. The molecule has 1 heterocycles. The Bertz CT molecular complexity index is 1050. The number of nitrogens with zero attached hydrogens (tertiary/aromatic N) is 4. The SMILES string of the molecule is Cc1ccc(N(CCC#N)C(=O)C(C)Sc2nnc(COc3ccc(Cl)cc3)o2)cc1. The van der Waals surface area contributed by atoms with E-state index >= 15 is 0 Å². The van der Waals surface area contributed by atoms with Crippen molar-refractivity contribution >= 4 is 35.0 Å². The number of nitriles is 1. The Morgan fingerprint density at radius 2 is 1.94 bits per heavy atom. The average molecular weight is 457 g/mol. The molecule has 0 bridgehead atoms. The van der Waals surface area contributed by atoms with Crippen LogP contribution in [0.3, 0.4) is 0 Å². The third-order valence-electron chi connectivity index (χ3n) is 4.31. The zero-order valence-electron chi connectivity index (χ0n) is 17.1. The molecule has 0 aliphatic rings. The molecule has 160 valence electrons. The summed E-state index contributed by atoms with van der Waals surface area (Å²) in [6.45, 7) is 4.17. The largest absolute Gasteiger partial charge is 0.484 e. The number of rotatable bonds is 9. The van der Waals surface area contributed by atoms with Crippen molar-refractivity contribution < 1.29 is 13.9 Å². The number of amides is 1. The quantitative estimate of drug-likeness (QED) is 0.416. The zero-order valence-corrected chi connectivity index (χ0v) is 18.7. The highest BCUT2D eigenvalue weighted by Crippen LogP contribution is 2.26. The Hall–Kier alpha value is -3.02. The molecule has 2 aromatic carbocycles. The molecule has 0 spiro atoms. The predicted molar refractivity (Wildman–Crippen MR) is 119 cm³/mol. The van der Waals surface area contributed by atoms with Crippen LogP contribution in [0.1, 0.15) is 24.8 Å². The molecule has 0 saturated heterocycles. The maximum absolute atomic E-state index is 13.1.